The summed E-state index contributed by atoms with van der Waals surface area (Å²) in [6, 6.07) is 0. The Hall–Kier alpha value is -1.59. The molecule has 1 atom stereocenters. The Morgan fingerprint density at radius 2 is 0.532 bits per heavy atom. The number of esters is 3. The third-order valence-electron chi connectivity index (χ3n) is 12.7. The van der Waals surface area contributed by atoms with Crippen LogP contribution in [0.25, 0.3) is 0 Å². The standard InChI is InChI=1S/C56H108O6/c1-6-7-8-9-10-11-12-13-14-15-16-17-18-19-20-27-33-38-43-48-56(59)62-53(50-61-55(58)47-42-37-32-28-23-25-30-35-40-45-52(4)5)49-60-54(57)46-41-36-31-26-22-21-24-29-34-39-44-51(2)3/h51-53H,6-50H2,1-5H3/t53-/m0/s1. The van der Waals surface area contributed by atoms with E-state index in [9.17, 15) is 14.4 Å². The highest BCUT2D eigenvalue weighted by atomic mass is 16.6. The summed E-state index contributed by atoms with van der Waals surface area (Å²) >= 11 is 0. The van der Waals surface area contributed by atoms with Gasteiger partial charge >= 0.3 is 17.9 Å². The lowest BCUT2D eigenvalue weighted by Crippen LogP contribution is -2.30. The smallest absolute Gasteiger partial charge is 0.306 e. The molecule has 0 spiro atoms. The van der Waals surface area contributed by atoms with Crippen molar-refractivity contribution in [1.29, 1.82) is 0 Å². The molecule has 0 amide bonds. The van der Waals surface area contributed by atoms with E-state index >= 15 is 0 Å². The molecule has 368 valence electrons. The molecule has 0 aromatic carbocycles. The number of ether oxygens (including phenoxy) is 3. The predicted molar refractivity (Wildman–Crippen MR) is 266 cm³/mol. The Kier molecular flexibility index (Phi) is 47.6. The molecule has 0 aliphatic heterocycles. The molecule has 0 aromatic heterocycles. The van der Waals surface area contributed by atoms with Crippen LogP contribution in [0, 0.1) is 11.8 Å². The monoisotopic (exact) mass is 877 g/mol. The van der Waals surface area contributed by atoms with Crippen molar-refractivity contribution in [3.8, 4) is 0 Å². The van der Waals surface area contributed by atoms with Gasteiger partial charge in [-0.05, 0) is 31.1 Å². The van der Waals surface area contributed by atoms with Crippen LogP contribution in [-0.4, -0.2) is 37.2 Å². The van der Waals surface area contributed by atoms with Gasteiger partial charge in [0, 0.05) is 19.3 Å². The lowest BCUT2D eigenvalue weighted by atomic mass is 10.0. The number of hydrogen-bond donors (Lipinski definition) is 0. The summed E-state index contributed by atoms with van der Waals surface area (Å²) in [6.07, 6.45) is 51.0. The largest absolute Gasteiger partial charge is 0.462 e. The van der Waals surface area contributed by atoms with Crippen LogP contribution in [0.3, 0.4) is 0 Å². The lowest BCUT2D eigenvalue weighted by Gasteiger charge is -2.18. The zero-order valence-corrected chi connectivity index (χ0v) is 42.5. The summed E-state index contributed by atoms with van der Waals surface area (Å²) in [5.74, 6) is 0.781. The van der Waals surface area contributed by atoms with Crippen molar-refractivity contribution in [2.45, 2.75) is 317 Å². The van der Waals surface area contributed by atoms with Gasteiger partial charge in [0.25, 0.3) is 0 Å². The number of carbonyl (C=O) groups is 3. The first kappa shape index (κ1) is 60.4. The Bertz CT molecular complexity index is 947. The first-order chi connectivity index (χ1) is 30.2. The van der Waals surface area contributed by atoms with E-state index in [0.29, 0.717) is 19.3 Å². The van der Waals surface area contributed by atoms with E-state index in [0.717, 1.165) is 69.6 Å². The summed E-state index contributed by atoms with van der Waals surface area (Å²) in [5.41, 5.74) is 0. The quantitative estimate of drug-likeness (QED) is 0.0344. The van der Waals surface area contributed by atoms with E-state index in [2.05, 4.69) is 34.6 Å². The second kappa shape index (κ2) is 48.9. The summed E-state index contributed by atoms with van der Waals surface area (Å²) in [4.78, 5) is 38.0. The van der Waals surface area contributed by atoms with E-state index in [1.165, 1.54) is 199 Å². The maximum absolute atomic E-state index is 12.8. The van der Waals surface area contributed by atoms with Gasteiger partial charge in [0.15, 0.2) is 6.10 Å². The van der Waals surface area contributed by atoms with Crippen LogP contribution in [0.1, 0.15) is 311 Å². The highest BCUT2D eigenvalue weighted by Gasteiger charge is 2.19. The lowest BCUT2D eigenvalue weighted by molar-refractivity contribution is -0.167. The van der Waals surface area contributed by atoms with Crippen LogP contribution in [0.15, 0.2) is 0 Å². The van der Waals surface area contributed by atoms with Gasteiger partial charge in [-0.25, -0.2) is 0 Å². The Labute approximate surface area is 387 Å². The Morgan fingerprint density at radius 1 is 0.306 bits per heavy atom. The first-order valence-corrected chi connectivity index (χ1v) is 27.7. The average Bonchev–Trinajstić information content (AvgIpc) is 3.24. The van der Waals surface area contributed by atoms with Gasteiger partial charge in [-0.15, -0.1) is 0 Å². The molecule has 0 aliphatic rings. The first-order valence-electron chi connectivity index (χ1n) is 27.7. The van der Waals surface area contributed by atoms with E-state index < -0.39 is 6.10 Å². The van der Waals surface area contributed by atoms with Gasteiger partial charge < -0.3 is 14.2 Å². The number of unbranched alkanes of at least 4 members (excludes halogenated alkanes) is 35. The van der Waals surface area contributed by atoms with Crippen LogP contribution < -0.4 is 0 Å². The minimum atomic E-state index is -0.762. The Balaban J connectivity index is 4.28. The Morgan fingerprint density at radius 3 is 0.790 bits per heavy atom. The topological polar surface area (TPSA) is 78.9 Å². The van der Waals surface area contributed by atoms with Crippen molar-refractivity contribution < 1.29 is 28.6 Å². The van der Waals surface area contributed by atoms with Gasteiger partial charge in [-0.2, -0.15) is 0 Å². The maximum atomic E-state index is 12.8. The SMILES string of the molecule is CCCCCCCCCCCCCCCCCCCCCC(=O)O[C@@H](COC(=O)CCCCCCCCCCCCC(C)C)COC(=O)CCCCCCCCCCCC(C)C. The number of carbonyl (C=O) groups excluding carboxylic acids is 3. The molecule has 0 bridgehead atoms. The van der Waals surface area contributed by atoms with Gasteiger partial charge in [-0.3, -0.25) is 14.4 Å². The van der Waals surface area contributed by atoms with Crippen molar-refractivity contribution >= 4 is 17.9 Å². The highest BCUT2D eigenvalue weighted by Crippen LogP contribution is 2.18. The second-order valence-corrected chi connectivity index (χ2v) is 20.2. The fourth-order valence-electron chi connectivity index (χ4n) is 8.52. The van der Waals surface area contributed by atoms with Gasteiger partial charge in [0.1, 0.15) is 13.2 Å². The van der Waals surface area contributed by atoms with Crippen LogP contribution in [0.2, 0.25) is 0 Å². The van der Waals surface area contributed by atoms with E-state index in [1.54, 1.807) is 0 Å². The van der Waals surface area contributed by atoms with Crippen molar-refractivity contribution in [3.05, 3.63) is 0 Å². The molecule has 0 heterocycles. The fourth-order valence-corrected chi connectivity index (χ4v) is 8.52. The maximum Gasteiger partial charge on any atom is 0.306 e. The minimum absolute atomic E-state index is 0.0638. The van der Waals surface area contributed by atoms with Crippen molar-refractivity contribution in [2.24, 2.45) is 11.8 Å². The second-order valence-electron chi connectivity index (χ2n) is 20.2. The molecule has 0 fully saturated rings. The minimum Gasteiger partial charge on any atom is -0.462 e. The van der Waals surface area contributed by atoms with Crippen LogP contribution >= 0.6 is 0 Å². The summed E-state index contributed by atoms with van der Waals surface area (Å²) in [5, 5.41) is 0. The molecule has 0 unspecified atom stereocenters. The molecule has 6 nitrogen and oxygen atoms in total. The van der Waals surface area contributed by atoms with Crippen LogP contribution in [0.5, 0.6) is 0 Å². The normalized spacial score (nSPS) is 12.0. The molecular formula is C56H108O6. The van der Waals surface area contributed by atoms with E-state index in [-0.39, 0.29) is 31.1 Å². The van der Waals surface area contributed by atoms with Crippen molar-refractivity contribution in [2.75, 3.05) is 13.2 Å². The summed E-state index contributed by atoms with van der Waals surface area (Å²) < 4.78 is 16.8. The van der Waals surface area contributed by atoms with Gasteiger partial charge in [0.2, 0.25) is 0 Å². The molecular weight excluding hydrogens is 769 g/mol. The fraction of sp³-hybridized carbons (Fsp3) is 0.946. The molecule has 0 aliphatic carbocycles. The van der Waals surface area contributed by atoms with E-state index in [4.69, 9.17) is 14.2 Å². The molecule has 0 saturated carbocycles. The van der Waals surface area contributed by atoms with Crippen LogP contribution in [-0.2, 0) is 28.6 Å². The average molecular weight is 877 g/mol. The summed E-state index contributed by atoms with van der Waals surface area (Å²) in [6.45, 7) is 11.4. The zero-order valence-electron chi connectivity index (χ0n) is 42.5. The zero-order chi connectivity index (χ0) is 45.4. The van der Waals surface area contributed by atoms with Gasteiger partial charge in [-0.1, -0.05) is 272 Å². The summed E-state index contributed by atoms with van der Waals surface area (Å²) in [7, 11) is 0. The van der Waals surface area contributed by atoms with Crippen LogP contribution in [0.4, 0.5) is 0 Å². The molecule has 0 radical (unpaired) electrons. The van der Waals surface area contributed by atoms with E-state index in [1.807, 2.05) is 0 Å². The molecule has 6 heteroatoms. The predicted octanol–water partition coefficient (Wildman–Crippen LogP) is 18.1. The van der Waals surface area contributed by atoms with Crippen molar-refractivity contribution in [3.63, 3.8) is 0 Å². The number of hydrogen-bond acceptors (Lipinski definition) is 6. The molecule has 62 heavy (non-hydrogen) atoms. The molecule has 0 saturated heterocycles. The third kappa shape index (κ3) is 49.4. The molecule has 0 N–H and O–H groups in total. The number of rotatable bonds is 50. The highest BCUT2D eigenvalue weighted by molar-refractivity contribution is 5.71. The molecule has 0 rings (SSSR count). The molecule has 0 aromatic rings. The third-order valence-corrected chi connectivity index (χ3v) is 12.7. The van der Waals surface area contributed by atoms with Crippen molar-refractivity contribution in [1.82, 2.24) is 0 Å². The van der Waals surface area contributed by atoms with Gasteiger partial charge in [0.05, 0.1) is 0 Å².